The third kappa shape index (κ3) is 3.41. The maximum atomic E-state index is 13.2. The highest BCUT2D eigenvalue weighted by Crippen LogP contribution is 2.32. The minimum atomic E-state index is -0.296. The number of methoxy groups -OCH3 is 2. The first kappa shape index (κ1) is 18.3. The molecule has 0 saturated carbocycles. The molecule has 0 spiro atoms. The molecule has 3 aromatic rings. The molecule has 0 radical (unpaired) electrons. The van der Waals surface area contributed by atoms with E-state index in [-0.39, 0.29) is 17.8 Å². The summed E-state index contributed by atoms with van der Waals surface area (Å²) in [4.78, 5) is 18.0. The van der Waals surface area contributed by atoms with Crippen LogP contribution in [0.5, 0.6) is 11.5 Å². The molecule has 1 fully saturated rings. The maximum Gasteiger partial charge on any atom is 0.270 e. The average molecular weight is 384 g/mol. The Kier molecular flexibility index (Phi) is 4.92. The summed E-state index contributed by atoms with van der Waals surface area (Å²) < 4.78 is 29.6. The van der Waals surface area contributed by atoms with Gasteiger partial charge in [-0.15, -0.1) is 0 Å². The van der Waals surface area contributed by atoms with E-state index in [9.17, 15) is 9.18 Å². The first-order chi connectivity index (χ1) is 13.6. The molecular formula is C21H21FN2O4. The number of aromatic amines is 1. The van der Waals surface area contributed by atoms with E-state index in [0.29, 0.717) is 36.9 Å². The van der Waals surface area contributed by atoms with Crippen molar-refractivity contribution in [2.45, 2.75) is 6.10 Å². The summed E-state index contributed by atoms with van der Waals surface area (Å²) in [5.41, 5.74) is 2.07. The van der Waals surface area contributed by atoms with E-state index < -0.39 is 0 Å². The van der Waals surface area contributed by atoms with Crippen LogP contribution in [0.1, 0.15) is 22.2 Å². The zero-order valence-electron chi connectivity index (χ0n) is 15.7. The van der Waals surface area contributed by atoms with E-state index >= 15 is 0 Å². The molecule has 2 aromatic carbocycles. The molecule has 2 heterocycles. The van der Waals surface area contributed by atoms with Crippen LogP contribution in [-0.4, -0.2) is 49.7 Å². The number of nitrogens with one attached hydrogen (secondary N) is 1. The van der Waals surface area contributed by atoms with Crippen molar-refractivity contribution in [2.75, 3.05) is 33.9 Å². The zero-order chi connectivity index (χ0) is 19.7. The van der Waals surface area contributed by atoms with Gasteiger partial charge in [0.05, 0.1) is 32.9 Å². The predicted octanol–water partition coefficient (Wildman–Crippen LogP) is 3.54. The molecule has 1 aliphatic rings. The minimum absolute atomic E-state index is 0.118. The van der Waals surface area contributed by atoms with Crippen LogP contribution in [0.2, 0.25) is 0 Å². The van der Waals surface area contributed by atoms with Crippen LogP contribution in [0, 0.1) is 5.82 Å². The normalized spacial score (nSPS) is 17.0. The van der Waals surface area contributed by atoms with Crippen molar-refractivity contribution in [3.8, 4) is 11.5 Å². The Morgan fingerprint density at radius 3 is 2.68 bits per heavy atom. The van der Waals surface area contributed by atoms with E-state index in [2.05, 4.69) is 4.98 Å². The summed E-state index contributed by atoms with van der Waals surface area (Å²) in [7, 11) is 3.16. The molecule has 1 N–H and O–H groups in total. The molecule has 1 saturated heterocycles. The number of aromatic nitrogens is 1. The fourth-order valence-corrected chi connectivity index (χ4v) is 3.46. The van der Waals surface area contributed by atoms with Gasteiger partial charge in [-0.05, 0) is 29.8 Å². The standard InChI is InChI=1S/C21H21FN2O4/c1-26-16-9-14-10-17(23-20(14)18(11-16)27-2)21(25)24-7-8-28-19(12-24)13-3-5-15(22)6-4-13/h3-6,9-11,19,23H,7-8,12H2,1-2H3. The topological polar surface area (TPSA) is 63.8 Å². The van der Waals surface area contributed by atoms with E-state index in [1.807, 2.05) is 6.07 Å². The molecule has 146 valence electrons. The number of hydrogen-bond donors (Lipinski definition) is 1. The number of carbonyl (C=O) groups is 1. The molecule has 1 unspecified atom stereocenters. The largest absolute Gasteiger partial charge is 0.497 e. The van der Waals surface area contributed by atoms with Gasteiger partial charge < -0.3 is 24.1 Å². The zero-order valence-corrected chi connectivity index (χ0v) is 15.7. The second-order valence-corrected chi connectivity index (χ2v) is 6.64. The molecule has 1 atom stereocenters. The first-order valence-corrected chi connectivity index (χ1v) is 9.00. The van der Waals surface area contributed by atoms with Gasteiger partial charge in [-0.25, -0.2) is 4.39 Å². The van der Waals surface area contributed by atoms with E-state index in [1.54, 1.807) is 43.4 Å². The van der Waals surface area contributed by atoms with Gasteiger partial charge in [-0.3, -0.25) is 4.79 Å². The molecule has 1 amide bonds. The van der Waals surface area contributed by atoms with Gasteiger partial charge in [-0.2, -0.15) is 0 Å². The van der Waals surface area contributed by atoms with E-state index in [4.69, 9.17) is 14.2 Å². The molecule has 0 bridgehead atoms. The highest BCUT2D eigenvalue weighted by molar-refractivity contribution is 6.00. The SMILES string of the molecule is COc1cc(OC)c2[nH]c(C(=O)N3CCOC(c4ccc(F)cc4)C3)cc2c1. The lowest BCUT2D eigenvalue weighted by Crippen LogP contribution is -2.42. The summed E-state index contributed by atoms with van der Waals surface area (Å²) in [5, 5.41) is 0.836. The number of fused-ring (bicyclic) bond motifs is 1. The monoisotopic (exact) mass is 384 g/mol. The second-order valence-electron chi connectivity index (χ2n) is 6.64. The third-order valence-corrected chi connectivity index (χ3v) is 4.95. The summed E-state index contributed by atoms with van der Waals surface area (Å²) in [5.74, 6) is 0.854. The fourth-order valence-electron chi connectivity index (χ4n) is 3.46. The predicted molar refractivity (Wildman–Crippen MR) is 102 cm³/mol. The molecule has 4 rings (SSSR count). The number of benzene rings is 2. The first-order valence-electron chi connectivity index (χ1n) is 9.00. The number of ether oxygens (including phenoxy) is 3. The number of carbonyl (C=O) groups excluding carboxylic acids is 1. The minimum Gasteiger partial charge on any atom is -0.497 e. The lowest BCUT2D eigenvalue weighted by Gasteiger charge is -2.33. The van der Waals surface area contributed by atoms with E-state index in [1.165, 1.54) is 12.1 Å². The van der Waals surface area contributed by atoms with Gasteiger partial charge in [0.1, 0.15) is 29.1 Å². The van der Waals surface area contributed by atoms with Gasteiger partial charge in [0, 0.05) is 18.0 Å². The number of morpholine rings is 1. The van der Waals surface area contributed by atoms with Crippen molar-refractivity contribution >= 4 is 16.8 Å². The highest BCUT2D eigenvalue weighted by atomic mass is 19.1. The van der Waals surface area contributed by atoms with Crippen molar-refractivity contribution in [3.05, 3.63) is 59.5 Å². The molecule has 6 nitrogen and oxygen atoms in total. The van der Waals surface area contributed by atoms with Crippen molar-refractivity contribution in [1.29, 1.82) is 0 Å². The number of amides is 1. The lowest BCUT2D eigenvalue weighted by molar-refractivity contribution is -0.0230. The Balaban J connectivity index is 1.59. The maximum absolute atomic E-state index is 13.2. The van der Waals surface area contributed by atoms with Gasteiger partial charge in [0.2, 0.25) is 0 Å². The molecule has 28 heavy (non-hydrogen) atoms. The van der Waals surface area contributed by atoms with Gasteiger partial charge in [0.25, 0.3) is 5.91 Å². The van der Waals surface area contributed by atoms with Gasteiger partial charge in [-0.1, -0.05) is 12.1 Å². The Morgan fingerprint density at radius 2 is 1.96 bits per heavy atom. The summed E-state index contributed by atoms with van der Waals surface area (Å²) in [6.45, 7) is 1.32. The number of rotatable bonds is 4. The van der Waals surface area contributed by atoms with Crippen LogP contribution in [0.4, 0.5) is 4.39 Å². The van der Waals surface area contributed by atoms with Crippen LogP contribution in [0.25, 0.3) is 10.9 Å². The second kappa shape index (κ2) is 7.52. The van der Waals surface area contributed by atoms with E-state index in [0.717, 1.165) is 16.5 Å². The number of halogens is 1. The van der Waals surface area contributed by atoms with Crippen LogP contribution >= 0.6 is 0 Å². The third-order valence-electron chi connectivity index (χ3n) is 4.95. The molecular weight excluding hydrogens is 363 g/mol. The molecule has 7 heteroatoms. The quantitative estimate of drug-likeness (QED) is 0.747. The summed E-state index contributed by atoms with van der Waals surface area (Å²) in [6.07, 6.45) is -0.280. The molecule has 1 aliphatic heterocycles. The van der Waals surface area contributed by atoms with Crippen LogP contribution in [0.15, 0.2) is 42.5 Å². The Hall–Kier alpha value is -3.06. The van der Waals surface area contributed by atoms with Gasteiger partial charge in [0.15, 0.2) is 0 Å². The Labute approximate surface area is 161 Å². The number of H-pyrrole nitrogens is 1. The Bertz CT molecular complexity index is 1000. The average Bonchev–Trinajstić information content (AvgIpc) is 3.17. The molecule has 0 aliphatic carbocycles. The summed E-state index contributed by atoms with van der Waals surface area (Å²) in [6, 6.07) is 11.6. The van der Waals surface area contributed by atoms with Gasteiger partial charge >= 0.3 is 0 Å². The van der Waals surface area contributed by atoms with Crippen molar-refractivity contribution in [1.82, 2.24) is 9.88 Å². The molecule has 1 aromatic heterocycles. The van der Waals surface area contributed by atoms with Crippen molar-refractivity contribution in [3.63, 3.8) is 0 Å². The summed E-state index contributed by atoms with van der Waals surface area (Å²) >= 11 is 0. The number of nitrogens with zero attached hydrogens (tertiary/aromatic N) is 1. The van der Waals surface area contributed by atoms with Crippen LogP contribution in [0.3, 0.4) is 0 Å². The van der Waals surface area contributed by atoms with Crippen LogP contribution in [-0.2, 0) is 4.74 Å². The van der Waals surface area contributed by atoms with Crippen LogP contribution < -0.4 is 9.47 Å². The van der Waals surface area contributed by atoms with Crippen molar-refractivity contribution < 1.29 is 23.4 Å². The van der Waals surface area contributed by atoms with Crippen molar-refractivity contribution in [2.24, 2.45) is 0 Å². The Morgan fingerprint density at radius 1 is 1.18 bits per heavy atom. The lowest BCUT2D eigenvalue weighted by atomic mass is 10.1. The fraction of sp³-hybridized carbons (Fsp3) is 0.286. The highest BCUT2D eigenvalue weighted by Gasteiger charge is 2.27. The smallest absolute Gasteiger partial charge is 0.270 e. The number of hydrogen-bond acceptors (Lipinski definition) is 4.